The highest BCUT2D eigenvalue weighted by molar-refractivity contribution is 7.16. The fourth-order valence-electron chi connectivity index (χ4n) is 2.02. The van der Waals surface area contributed by atoms with Crippen molar-refractivity contribution >= 4 is 44.8 Å². The SMILES string of the molecule is CCOC(=O)C(C(=O)OCC)c1nc(C)c(/N=N/c2snc(C)c2C#N)s1. The van der Waals surface area contributed by atoms with Gasteiger partial charge in [-0.1, -0.05) is 11.3 Å². The molecule has 0 saturated heterocycles. The van der Waals surface area contributed by atoms with Gasteiger partial charge in [0.1, 0.15) is 16.6 Å². The minimum Gasteiger partial charge on any atom is -0.465 e. The minimum atomic E-state index is -1.27. The Morgan fingerprint density at radius 1 is 1.11 bits per heavy atom. The summed E-state index contributed by atoms with van der Waals surface area (Å²) in [5.74, 6) is -2.71. The Kier molecular flexibility index (Phi) is 7.09. The van der Waals surface area contributed by atoms with Crippen LogP contribution in [0, 0.1) is 25.2 Å². The summed E-state index contributed by atoms with van der Waals surface area (Å²) in [6, 6.07) is 2.04. The molecule has 0 aliphatic carbocycles. The first-order valence-corrected chi connectivity index (χ1v) is 9.60. The standard InChI is InChI=1S/C16H17N5O4S2/c1-5-24-15(22)11(16(23)25-6-2)14-18-9(4)12(26-14)19-20-13-10(7-17)8(3)21-27-13/h11H,5-6H2,1-4H3/b20-19+. The van der Waals surface area contributed by atoms with Crippen molar-refractivity contribution in [1.29, 1.82) is 5.26 Å². The van der Waals surface area contributed by atoms with Crippen LogP contribution in [0.1, 0.15) is 41.7 Å². The second-order valence-corrected chi connectivity index (χ2v) is 6.90. The van der Waals surface area contributed by atoms with Gasteiger partial charge in [0.2, 0.25) is 5.92 Å². The third kappa shape index (κ3) is 4.72. The summed E-state index contributed by atoms with van der Waals surface area (Å²) in [7, 11) is 0. The molecule has 0 bridgehead atoms. The Bertz CT molecular complexity index is 895. The average molecular weight is 407 g/mol. The van der Waals surface area contributed by atoms with Crippen LogP contribution in [0.5, 0.6) is 0 Å². The molecule has 27 heavy (non-hydrogen) atoms. The van der Waals surface area contributed by atoms with E-state index in [4.69, 9.17) is 14.7 Å². The van der Waals surface area contributed by atoms with Crippen molar-refractivity contribution in [3.63, 3.8) is 0 Å². The van der Waals surface area contributed by atoms with E-state index >= 15 is 0 Å². The van der Waals surface area contributed by atoms with Crippen molar-refractivity contribution in [2.24, 2.45) is 10.2 Å². The molecule has 0 aliphatic heterocycles. The zero-order valence-corrected chi connectivity index (χ0v) is 16.8. The van der Waals surface area contributed by atoms with Gasteiger partial charge in [0.05, 0.1) is 24.6 Å². The minimum absolute atomic E-state index is 0.132. The van der Waals surface area contributed by atoms with Gasteiger partial charge in [-0.15, -0.1) is 10.2 Å². The Morgan fingerprint density at radius 2 is 1.70 bits per heavy atom. The van der Waals surface area contributed by atoms with E-state index in [0.29, 0.717) is 27.0 Å². The topological polar surface area (TPSA) is 127 Å². The lowest BCUT2D eigenvalue weighted by Crippen LogP contribution is -2.26. The van der Waals surface area contributed by atoms with Crippen LogP contribution in [-0.4, -0.2) is 34.5 Å². The van der Waals surface area contributed by atoms with Gasteiger partial charge in [-0.2, -0.15) is 9.64 Å². The van der Waals surface area contributed by atoms with E-state index in [1.54, 1.807) is 27.7 Å². The third-order valence-electron chi connectivity index (χ3n) is 3.27. The van der Waals surface area contributed by atoms with Gasteiger partial charge >= 0.3 is 11.9 Å². The second-order valence-electron chi connectivity index (χ2n) is 5.14. The smallest absolute Gasteiger partial charge is 0.327 e. The van der Waals surface area contributed by atoms with E-state index in [0.717, 1.165) is 22.9 Å². The molecule has 0 N–H and O–H groups in total. The number of rotatable bonds is 7. The molecule has 2 aromatic rings. The molecular formula is C16H17N5O4S2. The van der Waals surface area contributed by atoms with Crippen LogP contribution in [0.15, 0.2) is 10.2 Å². The number of hydrogen-bond acceptors (Lipinski definition) is 11. The van der Waals surface area contributed by atoms with E-state index in [1.807, 2.05) is 6.07 Å². The Balaban J connectivity index is 2.34. The summed E-state index contributed by atoms with van der Waals surface area (Å²) in [4.78, 5) is 28.6. The molecule has 0 fully saturated rings. The molecule has 0 amide bonds. The van der Waals surface area contributed by atoms with Crippen molar-refractivity contribution in [2.45, 2.75) is 33.6 Å². The summed E-state index contributed by atoms with van der Waals surface area (Å²) in [5, 5.41) is 18.3. The molecule has 0 unspecified atom stereocenters. The normalized spacial score (nSPS) is 11.0. The van der Waals surface area contributed by atoms with E-state index < -0.39 is 17.9 Å². The highest BCUT2D eigenvalue weighted by Gasteiger charge is 2.35. The third-order valence-corrected chi connectivity index (χ3v) is 5.20. The highest BCUT2D eigenvalue weighted by Crippen LogP contribution is 2.35. The van der Waals surface area contributed by atoms with Crippen molar-refractivity contribution in [2.75, 3.05) is 13.2 Å². The number of hydrogen-bond donors (Lipinski definition) is 0. The number of nitriles is 1. The van der Waals surface area contributed by atoms with Crippen LogP contribution in [0.4, 0.5) is 10.0 Å². The molecule has 9 nitrogen and oxygen atoms in total. The lowest BCUT2D eigenvalue weighted by atomic mass is 10.1. The maximum absolute atomic E-state index is 12.2. The predicted octanol–water partition coefficient (Wildman–Crippen LogP) is 3.71. The van der Waals surface area contributed by atoms with Gasteiger partial charge in [-0.25, -0.2) is 4.98 Å². The number of nitrogens with zero attached hydrogens (tertiary/aromatic N) is 5. The van der Waals surface area contributed by atoms with Crippen LogP contribution in [0.2, 0.25) is 0 Å². The lowest BCUT2D eigenvalue weighted by Gasteiger charge is -2.11. The maximum Gasteiger partial charge on any atom is 0.327 e. The van der Waals surface area contributed by atoms with Gasteiger partial charge in [0, 0.05) is 0 Å². The van der Waals surface area contributed by atoms with Gasteiger partial charge in [0.25, 0.3) is 0 Å². The summed E-state index contributed by atoms with van der Waals surface area (Å²) in [5.41, 5.74) is 1.45. The van der Waals surface area contributed by atoms with Crippen molar-refractivity contribution in [3.05, 3.63) is 22.0 Å². The molecule has 0 atom stereocenters. The predicted molar refractivity (Wildman–Crippen MR) is 98.6 cm³/mol. The summed E-state index contributed by atoms with van der Waals surface area (Å²) < 4.78 is 14.0. The molecule has 2 rings (SSSR count). The summed E-state index contributed by atoms with van der Waals surface area (Å²) in [6.45, 7) is 6.96. The van der Waals surface area contributed by atoms with Crippen LogP contribution >= 0.6 is 22.9 Å². The monoisotopic (exact) mass is 407 g/mol. The molecule has 0 aromatic carbocycles. The van der Waals surface area contributed by atoms with Gasteiger partial charge in [-0.05, 0) is 39.2 Å². The molecule has 0 radical (unpaired) electrons. The quantitative estimate of drug-likeness (QED) is 0.389. The Labute approximate surface area is 163 Å². The van der Waals surface area contributed by atoms with Crippen LogP contribution < -0.4 is 0 Å². The maximum atomic E-state index is 12.2. The van der Waals surface area contributed by atoms with Crippen LogP contribution in [0.3, 0.4) is 0 Å². The first-order chi connectivity index (χ1) is 12.9. The molecule has 2 aromatic heterocycles. The Morgan fingerprint density at radius 3 is 2.26 bits per heavy atom. The zero-order valence-electron chi connectivity index (χ0n) is 15.2. The van der Waals surface area contributed by atoms with Crippen molar-refractivity contribution in [3.8, 4) is 6.07 Å². The number of esters is 2. The van der Waals surface area contributed by atoms with E-state index in [2.05, 4.69) is 19.6 Å². The molecule has 0 saturated carbocycles. The van der Waals surface area contributed by atoms with Gasteiger partial charge < -0.3 is 9.47 Å². The molecule has 11 heteroatoms. The summed E-state index contributed by atoms with van der Waals surface area (Å²) in [6.07, 6.45) is 0. The molecular weight excluding hydrogens is 390 g/mol. The second kappa shape index (κ2) is 9.29. The number of thiazole rings is 1. The highest BCUT2D eigenvalue weighted by atomic mass is 32.1. The van der Waals surface area contributed by atoms with Gasteiger partial charge in [-0.3, -0.25) is 9.59 Å². The fraction of sp³-hybridized carbons (Fsp3) is 0.438. The van der Waals surface area contributed by atoms with E-state index in [1.165, 1.54) is 0 Å². The Hall–Kier alpha value is -2.71. The number of azo groups is 1. The first kappa shape index (κ1) is 20.6. The fourth-order valence-corrected chi connectivity index (χ4v) is 3.66. The summed E-state index contributed by atoms with van der Waals surface area (Å²) >= 11 is 2.11. The van der Waals surface area contributed by atoms with Crippen molar-refractivity contribution < 1.29 is 19.1 Å². The zero-order chi connectivity index (χ0) is 20.0. The van der Waals surface area contributed by atoms with E-state index in [-0.39, 0.29) is 18.2 Å². The van der Waals surface area contributed by atoms with Crippen molar-refractivity contribution in [1.82, 2.24) is 9.36 Å². The van der Waals surface area contributed by atoms with Crippen LogP contribution in [-0.2, 0) is 19.1 Å². The average Bonchev–Trinajstić information content (AvgIpc) is 3.15. The first-order valence-electron chi connectivity index (χ1n) is 8.01. The molecule has 0 aliphatic rings. The molecule has 142 valence electrons. The van der Waals surface area contributed by atoms with Gasteiger partial charge in [0.15, 0.2) is 10.0 Å². The molecule has 0 spiro atoms. The van der Waals surface area contributed by atoms with Crippen LogP contribution in [0.25, 0.3) is 0 Å². The number of carbonyl (C=O) groups excluding carboxylic acids is 2. The van der Waals surface area contributed by atoms with E-state index in [9.17, 15) is 9.59 Å². The number of aromatic nitrogens is 2. The largest absolute Gasteiger partial charge is 0.465 e. The number of carbonyl (C=O) groups is 2. The number of aryl methyl sites for hydroxylation is 2. The lowest BCUT2D eigenvalue weighted by molar-refractivity contribution is -0.156. The molecule has 2 heterocycles. The number of ether oxygens (including phenoxy) is 2.